The highest BCUT2D eigenvalue weighted by Crippen LogP contribution is 2.18. The Morgan fingerprint density at radius 2 is 2.00 bits per heavy atom. The molecule has 0 saturated heterocycles. The van der Waals surface area contributed by atoms with Crippen molar-refractivity contribution < 1.29 is 13.9 Å². The summed E-state index contributed by atoms with van der Waals surface area (Å²) in [6.07, 6.45) is 0. The van der Waals surface area contributed by atoms with E-state index in [4.69, 9.17) is 9.47 Å². The van der Waals surface area contributed by atoms with Crippen LogP contribution in [-0.4, -0.2) is 19.8 Å². The second kappa shape index (κ2) is 6.93. The van der Waals surface area contributed by atoms with Crippen LogP contribution in [0.2, 0.25) is 0 Å². The standard InChI is InChI=1S/C11H14BrFO2/c1-2-14-5-6-15-8-9-7-10(13)3-4-11(9)12/h3-4,7H,2,5-6,8H2,1H3. The van der Waals surface area contributed by atoms with Crippen LogP contribution in [0.15, 0.2) is 22.7 Å². The molecule has 0 N–H and O–H groups in total. The Morgan fingerprint density at radius 3 is 2.73 bits per heavy atom. The summed E-state index contributed by atoms with van der Waals surface area (Å²) in [5.74, 6) is -0.249. The van der Waals surface area contributed by atoms with Crippen molar-refractivity contribution in [1.29, 1.82) is 0 Å². The van der Waals surface area contributed by atoms with E-state index < -0.39 is 0 Å². The lowest BCUT2D eigenvalue weighted by molar-refractivity contribution is 0.0450. The summed E-state index contributed by atoms with van der Waals surface area (Å²) < 4.78 is 24.2. The summed E-state index contributed by atoms with van der Waals surface area (Å²) in [5, 5.41) is 0. The second-order valence-electron chi connectivity index (χ2n) is 2.99. The van der Waals surface area contributed by atoms with Gasteiger partial charge in [-0.05, 0) is 30.7 Å². The van der Waals surface area contributed by atoms with Gasteiger partial charge in [0.25, 0.3) is 0 Å². The minimum Gasteiger partial charge on any atom is -0.379 e. The van der Waals surface area contributed by atoms with Crippen LogP contribution in [0.3, 0.4) is 0 Å². The number of halogens is 2. The third-order valence-corrected chi connectivity index (χ3v) is 2.62. The van der Waals surface area contributed by atoms with Crippen molar-refractivity contribution in [2.45, 2.75) is 13.5 Å². The number of hydrogen-bond acceptors (Lipinski definition) is 2. The van der Waals surface area contributed by atoms with Gasteiger partial charge in [-0.2, -0.15) is 0 Å². The molecule has 2 nitrogen and oxygen atoms in total. The monoisotopic (exact) mass is 276 g/mol. The molecule has 0 heterocycles. The first-order valence-electron chi connectivity index (χ1n) is 4.83. The number of hydrogen-bond donors (Lipinski definition) is 0. The molecule has 0 fully saturated rings. The first-order valence-corrected chi connectivity index (χ1v) is 5.62. The summed E-state index contributed by atoms with van der Waals surface area (Å²) in [7, 11) is 0. The summed E-state index contributed by atoms with van der Waals surface area (Å²) in [5.41, 5.74) is 0.812. The second-order valence-corrected chi connectivity index (χ2v) is 3.84. The maximum atomic E-state index is 12.9. The molecule has 84 valence electrons. The fourth-order valence-corrected chi connectivity index (χ4v) is 1.46. The van der Waals surface area contributed by atoms with Crippen molar-refractivity contribution in [3.8, 4) is 0 Å². The molecule has 1 rings (SSSR count). The summed E-state index contributed by atoms with van der Waals surface area (Å²) in [6.45, 7) is 4.11. The molecule has 0 unspecified atom stereocenters. The first kappa shape index (κ1) is 12.6. The Balaban J connectivity index is 2.33. The minimum absolute atomic E-state index is 0.249. The van der Waals surface area contributed by atoms with Gasteiger partial charge in [0.1, 0.15) is 5.82 Å². The smallest absolute Gasteiger partial charge is 0.123 e. The van der Waals surface area contributed by atoms with Crippen LogP contribution in [0.4, 0.5) is 4.39 Å². The van der Waals surface area contributed by atoms with Crippen molar-refractivity contribution in [2.24, 2.45) is 0 Å². The zero-order valence-electron chi connectivity index (χ0n) is 8.63. The highest BCUT2D eigenvalue weighted by Gasteiger charge is 2.01. The van der Waals surface area contributed by atoms with Crippen molar-refractivity contribution in [1.82, 2.24) is 0 Å². The van der Waals surface area contributed by atoms with Crippen molar-refractivity contribution in [3.05, 3.63) is 34.1 Å². The van der Waals surface area contributed by atoms with Crippen molar-refractivity contribution >= 4 is 15.9 Å². The number of ether oxygens (including phenoxy) is 2. The van der Waals surface area contributed by atoms with Crippen LogP contribution in [0.1, 0.15) is 12.5 Å². The zero-order chi connectivity index (χ0) is 11.1. The van der Waals surface area contributed by atoms with Gasteiger partial charge < -0.3 is 9.47 Å². The van der Waals surface area contributed by atoms with E-state index in [2.05, 4.69) is 15.9 Å². The highest BCUT2D eigenvalue weighted by molar-refractivity contribution is 9.10. The molecule has 0 aliphatic rings. The molecule has 0 atom stereocenters. The van der Waals surface area contributed by atoms with Crippen molar-refractivity contribution in [2.75, 3.05) is 19.8 Å². The molecule has 0 aromatic heterocycles. The fraction of sp³-hybridized carbons (Fsp3) is 0.455. The predicted octanol–water partition coefficient (Wildman–Crippen LogP) is 3.14. The average molecular weight is 277 g/mol. The molecule has 0 aliphatic carbocycles. The molecule has 0 spiro atoms. The van der Waals surface area contributed by atoms with E-state index in [1.807, 2.05) is 6.92 Å². The van der Waals surface area contributed by atoms with Gasteiger partial charge in [-0.1, -0.05) is 15.9 Å². The Hall–Kier alpha value is -0.450. The average Bonchev–Trinajstić information content (AvgIpc) is 2.23. The third kappa shape index (κ3) is 4.73. The number of rotatable bonds is 6. The fourth-order valence-electron chi connectivity index (χ4n) is 1.10. The van der Waals surface area contributed by atoms with Gasteiger partial charge in [0.05, 0.1) is 19.8 Å². The van der Waals surface area contributed by atoms with E-state index in [9.17, 15) is 4.39 Å². The SMILES string of the molecule is CCOCCOCc1cc(F)ccc1Br. The van der Waals surface area contributed by atoms with Crippen LogP contribution in [0.5, 0.6) is 0 Å². The lowest BCUT2D eigenvalue weighted by atomic mass is 10.2. The molecule has 0 aliphatic heterocycles. The summed E-state index contributed by atoms with van der Waals surface area (Å²) in [6, 6.07) is 4.55. The third-order valence-electron chi connectivity index (χ3n) is 1.84. The quantitative estimate of drug-likeness (QED) is 0.744. The molecule has 1 aromatic rings. The molecular weight excluding hydrogens is 263 g/mol. The molecular formula is C11H14BrFO2. The van der Waals surface area contributed by atoms with Gasteiger partial charge in [-0.3, -0.25) is 0 Å². The van der Waals surface area contributed by atoms with Crippen molar-refractivity contribution in [3.63, 3.8) is 0 Å². The topological polar surface area (TPSA) is 18.5 Å². The number of benzene rings is 1. The van der Waals surface area contributed by atoms with E-state index in [1.54, 1.807) is 6.07 Å². The normalized spacial score (nSPS) is 10.6. The van der Waals surface area contributed by atoms with E-state index in [-0.39, 0.29) is 5.82 Å². The molecule has 0 amide bonds. The lowest BCUT2D eigenvalue weighted by Crippen LogP contribution is -2.04. The molecule has 1 aromatic carbocycles. The van der Waals surface area contributed by atoms with Gasteiger partial charge in [0.2, 0.25) is 0 Å². The van der Waals surface area contributed by atoms with Gasteiger partial charge in [0, 0.05) is 11.1 Å². The lowest BCUT2D eigenvalue weighted by Gasteiger charge is -2.06. The summed E-state index contributed by atoms with van der Waals surface area (Å²) >= 11 is 3.34. The van der Waals surface area contributed by atoms with E-state index >= 15 is 0 Å². The maximum Gasteiger partial charge on any atom is 0.123 e. The summed E-state index contributed by atoms with van der Waals surface area (Å²) in [4.78, 5) is 0. The van der Waals surface area contributed by atoms with E-state index in [0.717, 1.165) is 10.0 Å². The van der Waals surface area contributed by atoms with Crippen LogP contribution in [0, 0.1) is 5.82 Å². The minimum atomic E-state index is -0.249. The van der Waals surface area contributed by atoms with Gasteiger partial charge in [-0.25, -0.2) is 4.39 Å². The van der Waals surface area contributed by atoms with E-state index in [1.165, 1.54) is 12.1 Å². The highest BCUT2D eigenvalue weighted by atomic mass is 79.9. The largest absolute Gasteiger partial charge is 0.379 e. The maximum absolute atomic E-state index is 12.9. The zero-order valence-corrected chi connectivity index (χ0v) is 10.2. The van der Waals surface area contributed by atoms with Crippen LogP contribution < -0.4 is 0 Å². The Bertz CT molecular complexity index is 305. The van der Waals surface area contributed by atoms with Crippen LogP contribution in [0.25, 0.3) is 0 Å². The Labute approximate surface area is 97.5 Å². The Morgan fingerprint density at radius 1 is 1.27 bits per heavy atom. The molecule has 0 radical (unpaired) electrons. The molecule has 0 bridgehead atoms. The van der Waals surface area contributed by atoms with E-state index in [0.29, 0.717) is 26.4 Å². The van der Waals surface area contributed by atoms with Crippen LogP contribution in [-0.2, 0) is 16.1 Å². The molecule has 4 heteroatoms. The van der Waals surface area contributed by atoms with Crippen LogP contribution >= 0.6 is 15.9 Å². The van der Waals surface area contributed by atoms with Gasteiger partial charge in [-0.15, -0.1) is 0 Å². The van der Waals surface area contributed by atoms with Gasteiger partial charge >= 0.3 is 0 Å². The first-order chi connectivity index (χ1) is 7.24. The van der Waals surface area contributed by atoms with Gasteiger partial charge in [0.15, 0.2) is 0 Å². The Kier molecular flexibility index (Phi) is 5.83. The molecule has 15 heavy (non-hydrogen) atoms. The molecule has 0 saturated carbocycles. The predicted molar refractivity (Wildman–Crippen MR) is 60.2 cm³/mol.